The van der Waals surface area contributed by atoms with Gasteiger partial charge in [-0.25, -0.2) is 4.39 Å². The van der Waals surface area contributed by atoms with Crippen molar-refractivity contribution in [2.24, 2.45) is 0 Å². The van der Waals surface area contributed by atoms with Gasteiger partial charge in [0.1, 0.15) is 11.7 Å². The highest BCUT2D eigenvalue weighted by Gasteiger charge is 2.11. The number of benzene rings is 1. The van der Waals surface area contributed by atoms with E-state index in [-0.39, 0.29) is 23.6 Å². The average Bonchev–Trinajstić information content (AvgIpc) is 2.28. The summed E-state index contributed by atoms with van der Waals surface area (Å²) in [6, 6.07) is 4.78. The first-order valence-corrected chi connectivity index (χ1v) is 5.87. The molecule has 1 aromatic rings. The van der Waals surface area contributed by atoms with E-state index in [4.69, 9.17) is 11.6 Å². The Labute approximate surface area is 106 Å². The maximum Gasteiger partial charge on any atom is 0.239 e. The van der Waals surface area contributed by atoms with Crippen molar-refractivity contribution in [2.75, 3.05) is 23.1 Å². The molecule has 0 fully saturated rings. The fraction of sp³-hybridized carbons (Fsp3) is 0.417. The third-order valence-electron chi connectivity index (χ3n) is 2.51. The predicted molar refractivity (Wildman–Crippen MR) is 69.3 cm³/mol. The quantitative estimate of drug-likeness (QED) is 0.843. The largest absolute Gasteiger partial charge is 0.370 e. The van der Waals surface area contributed by atoms with E-state index in [1.54, 1.807) is 12.1 Å². The van der Waals surface area contributed by atoms with Crippen LogP contribution in [0.5, 0.6) is 0 Å². The molecule has 0 aliphatic rings. The second kappa shape index (κ2) is 5.87. The Balaban J connectivity index is 2.90. The number of halogens is 2. The zero-order valence-corrected chi connectivity index (χ0v) is 10.9. The summed E-state index contributed by atoms with van der Waals surface area (Å²) in [5.41, 5.74) is 0.915. The van der Waals surface area contributed by atoms with E-state index in [9.17, 15) is 9.18 Å². The molecular formula is C12H16ClFN2O. The number of carbonyl (C=O) groups excluding carboxylic acids is 1. The lowest BCUT2D eigenvalue weighted by Gasteiger charge is -2.24. The summed E-state index contributed by atoms with van der Waals surface area (Å²) in [5, 5.41) is 2.50. The summed E-state index contributed by atoms with van der Waals surface area (Å²) in [7, 11) is 1.82. The number of anilines is 2. The maximum atomic E-state index is 13.8. The molecule has 0 radical (unpaired) electrons. The minimum Gasteiger partial charge on any atom is -0.370 e. The number of alkyl halides is 1. The summed E-state index contributed by atoms with van der Waals surface area (Å²) in [6.07, 6.45) is 0. The van der Waals surface area contributed by atoms with Crippen LogP contribution in [0.3, 0.4) is 0 Å². The molecule has 1 rings (SSSR count). The fourth-order valence-electron chi connectivity index (χ4n) is 1.34. The number of hydrogen-bond donors (Lipinski definition) is 1. The van der Waals surface area contributed by atoms with E-state index in [1.807, 2.05) is 25.8 Å². The van der Waals surface area contributed by atoms with Crippen molar-refractivity contribution in [3.05, 3.63) is 24.0 Å². The Hall–Kier alpha value is -1.29. The van der Waals surface area contributed by atoms with Gasteiger partial charge in [0.15, 0.2) is 0 Å². The van der Waals surface area contributed by atoms with Crippen LogP contribution in [-0.4, -0.2) is 24.9 Å². The number of nitrogens with one attached hydrogen (secondary N) is 1. The van der Waals surface area contributed by atoms with Crippen molar-refractivity contribution in [3.8, 4) is 0 Å². The highest BCUT2D eigenvalue weighted by Crippen LogP contribution is 2.23. The Kier molecular flexibility index (Phi) is 4.75. The van der Waals surface area contributed by atoms with Gasteiger partial charge in [0.05, 0.1) is 5.69 Å². The lowest BCUT2D eigenvalue weighted by atomic mass is 10.2. The van der Waals surface area contributed by atoms with Crippen LogP contribution in [-0.2, 0) is 4.79 Å². The number of carbonyl (C=O) groups is 1. The standard InChI is InChI=1S/C12H16ClFN2O/c1-8(2)16(3)11-5-4-9(6-10(11)14)15-12(17)7-13/h4-6,8H,7H2,1-3H3,(H,15,17). The van der Waals surface area contributed by atoms with E-state index in [2.05, 4.69) is 5.32 Å². The summed E-state index contributed by atoms with van der Waals surface area (Å²) in [4.78, 5) is 12.9. The summed E-state index contributed by atoms with van der Waals surface area (Å²) >= 11 is 5.35. The number of amides is 1. The molecule has 17 heavy (non-hydrogen) atoms. The molecule has 0 aliphatic carbocycles. The summed E-state index contributed by atoms with van der Waals surface area (Å²) < 4.78 is 13.8. The smallest absolute Gasteiger partial charge is 0.239 e. The van der Waals surface area contributed by atoms with Gasteiger partial charge in [0, 0.05) is 18.8 Å². The molecule has 0 saturated heterocycles. The van der Waals surface area contributed by atoms with Crippen LogP contribution >= 0.6 is 11.6 Å². The van der Waals surface area contributed by atoms with E-state index >= 15 is 0 Å². The summed E-state index contributed by atoms with van der Waals surface area (Å²) in [5.74, 6) is -0.862. The molecule has 94 valence electrons. The normalized spacial score (nSPS) is 10.5. The molecule has 0 saturated carbocycles. The Morgan fingerprint density at radius 2 is 2.18 bits per heavy atom. The van der Waals surface area contributed by atoms with E-state index in [0.29, 0.717) is 11.4 Å². The van der Waals surface area contributed by atoms with Crippen LogP contribution in [0.25, 0.3) is 0 Å². The average molecular weight is 259 g/mol. The van der Waals surface area contributed by atoms with Crippen molar-refractivity contribution < 1.29 is 9.18 Å². The monoisotopic (exact) mass is 258 g/mol. The van der Waals surface area contributed by atoms with Crippen LogP contribution in [0.4, 0.5) is 15.8 Å². The number of nitrogens with zero attached hydrogens (tertiary/aromatic N) is 1. The Morgan fingerprint density at radius 3 is 2.65 bits per heavy atom. The molecule has 0 spiro atoms. The van der Waals surface area contributed by atoms with Crippen LogP contribution in [0.1, 0.15) is 13.8 Å². The number of hydrogen-bond acceptors (Lipinski definition) is 2. The van der Waals surface area contributed by atoms with Crippen molar-refractivity contribution in [1.29, 1.82) is 0 Å². The van der Waals surface area contributed by atoms with Crippen LogP contribution < -0.4 is 10.2 Å². The van der Waals surface area contributed by atoms with Gasteiger partial charge in [-0.2, -0.15) is 0 Å². The first-order chi connectivity index (χ1) is 7.95. The molecule has 0 aromatic heterocycles. The minimum absolute atomic E-state index is 0.144. The first-order valence-electron chi connectivity index (χ1n) is 5.34. The van der Waals surface area contributed by atoms with Gasteiger partial charge in [0.2, 0.25) is 5.91 Å². The van der Waals surface area contributed by atoms with Gasteiger partial charge in [0.25, 0.3) is 0 Å². The van der Waals surface area contributed by atoms with Gasteiger partial charge < -0.3 is 10.2 Å². The second-order valence-electron chi connectivity index (χ2n) is 4.05. The lowest BCUT2D eigenvalue weighted by Crippen LogP contribution is -2.26. The highest BCUT2D eigenvalue weighted by molar-refractivity contribution is 6.29. The van der Waals surface area contributed by atoms with Crippen LogP contribution in [0, 0.1) is 5.82 Å². The number of rotatable bonds is 4. The topological polar surface area (TPSA) is 32.3 Å². The van der Waals surface area contributed by atoms with Gasteiger partial charge in [-0.1, -0.05) is 0 Å². The third kappa shape index (κ3) is 3.60. The summed E-state index contributed by atoms with van der Waals surface area (Å²) in [6.45, 7) is 3.95. The van der Waals surface area contributed by atoms with Crippen LogP contribution in [0.2, 0.25) is 0 Å². The fourth-order valence-corrected chi connectivity index (χ4v) is 1.41. The molecule has 1 N–H and O–H groups in total. The second-order valence-corrected chi connectivity index (χ2v) is 4.32. The van der Waals surface area contributed by atoms with Crippen molar-refractivity contribution >= 4 is 28.9 Å². The third-order valence-corrected chi connectivity index (χ3v) is 2.75. The van der Waals surface area contributed by atoms with Crippen molar-refractivity contribution in [2.45, 2.75) is 19.9 Å². The molecular weight excluding hydrogens is 243 g/mol. The minimum atomic E-state index is -0.367. The Bertz CT molecular complexity index is 409. The van der Waals surface area contributed by atoms with E-state index in [1.165, 1.54) is 6.07 Å². The molecule has 1 aromatic carbocycles. The van der Waals surface area contributed by atoms with Gasteiger partial charge in [-0.05, 0) is 32.0 Å². The molecule has 0 atom stereocenters. The van der Waals surface area contributed by atoms with Crippen molar-refractivity contribution in [1.82, 2.24) is 0 Å². The Morgan fingerprint density at radius 1 is 1.53 bits per heavy atom. The zero-order chi connectivity index (χ0) is 13.0. The van der Waals surface area contributed by atoms with Crippen molar-refractivity contribution in [3.63, 3.8) is 0 Å². The van der Waals surface area contributed by atoms with Gasteiger partial charge in [-0.15, -0.1) is 11.6 Å². The van der Waals surface area contributed by atoms with Gasteiger partial charge >= 0.3 is 0 Å². The van der Waals surface area contributed by atoms with Crippen LogP contribution in [0.15, 0.2) is 18.2 Å². The SMILES string of the molecule is CC(C)N(C)c1ccc(NC(=O)CCl)cc1F. The molecule has 0 unspecified atom stereocenters. The molecule has 0 bridgehead atoms. The lowest BCUT2D eigenvalue weighted by molar-refractivity contribution is -0.113. The van der Waals surface area contributed by atoms with Gasteiger partial charge in [-0.3, -0.25) is 4.79 Å². The van der Waals surface area contributed by atoms with E-state index in [0.717, 1.165) is 0 Å². The molecule has 1 amide bonds. The molecule has 0 heterocycles. The van der Waals surface area contributed by atoms with E-state index < -0.39 is 0 Å². The first kappa shape index (κ1) is 13.8. The molecule has 3 nitrogen and oxygen atoms in total. The predicted octanol–water partition coefficient (Wildman–Crippen LogP) is 2.85. The molecule has 0 aliphatic heterocycles. The maximum absolute atomic E-state index is 13.8. The molecule has 5 heteroatoms. The highest BCUT2D eigenvalue weighted by atomic mass is 35.5. The zero-order valence-electron chi connectivity index (χ0n) is 10.1.